The van der Waals surface area contributed by atoms with E-state index in [1.54, 1.807) is 24.6 Å². The molecule has 462 valence electrons. The first-order chi connectivity index (χ1) is 40.4. The van der Waals surface area contributed by atoms with Crippen molar-refractivity contribution in [3.63, 3.8) is 0 Å². The van der Waals surface area contributed by atoms with Gasteiger partial charge in [0.2, 0.25) is 0 Å². The van der Waals surface area contributed by atoms with Crippen LogP contribution in [0.3, 0.4) is 0 Å². The second-order valence-electron chi connectivity index (χ2n) is 22.5. The van der Waals surface area contributed by atoms with E-state index in [9.17, 15) is 9.59 Å². The molecule has 0 bridgehead atoms. The zero-order valence-corrected chi connectivity index (χ0v) is 52.9. The molecular weight excluding hydrogens is 1020 g/mol. The van der Waals surface area contributed by atoms with E-state index in [4.69, 9.17) is 28.4 Å². The number of allylic oxidation sites excluding steroid dienone is 2. The second kappa shape index (κ2) is 49.3. The van der Waals surface area contributed by atoms with E-state index in [0.717, 1.165) is 77.0 Å². The summed E-state index contributed by atoms with van der Waals surface area (Å²) >= 11 is 0. The SMILES string of the molecule is CCCCCCCCOc1ccc(C(=O)/C=C/Nc2cc(OCCCCCCCC)c(OCCCCCCCC)cc2N/C=C/C(=O)c2ccc(OCCCCCCCC)cc2OCCCCCCCC)c(OCCCCCCCC)c1. The highest BCUT2D eigenvalue weighted by Gasteiger charge is 2.17. The summed E-state index contributed by atoms with van der Waals surface area (Å²) in [6, 6.07) is 15.0. The summed E-state index contributed by atoms with van der Waals surface area (Å²) in [5.41, 5.74) is 2.26. The summed E-state index contributed by atoms with van der Waals surface area (Å²) < 4.78 is 38.2. The van der Waals surface area contributed by atoms with Crippen molar-refractivity contribution in [1.82, 2.24) is 0 Å². The van der Waals surface area contributed by atoms with Gasteiger partial charge in [-0.15, -0.1) is 0 Å². The fraction of sp³-hybridized carbons (Fsp3) is 0.667. The van der Waals surface area contributed by atoms with Crippen molar-refractivity contribution < 1.29 is 38.0 Å². The van der Waals surface area contributed by atoms with E-state index < -0.39 is 0 Å². The minimum atomic E-state index is -0.195. The number of hydrogen-bond acceptors (Lipinski definition) is 10. The molecule has 0 saturated heterocycles. The van der Waals surface area contributed by atoms with Crippen LogP contribution in [0.1, 0.15) is 293 Å². The number of anilines is 2. The summed E-state index contributed by atoms with van der Waals surface area (Å²) in [6.45, 7) is 16.8. The Hall–Kier alpha value is -5.12. The lowest BCUT2D eigenvalue weighted by Crippen LogP contribution is -2.07. The van der Waals surface area contributed by atoms with Gasteiger partial charge in [-0.2, -0.15) is 0 Å². The Labute approximate surface area is 500 Å². The summed E-state index contributed by atoms with van der Waals surface area (Å²) in [7, 11) is 0. The summed E-state index contributed by atoms with van der Waals surface area (Å²) in [6.07, 6.45) is 48.2. The molecule has 0 heterocycles. The molecule has 0 aliphatic heterocycles. The van der Waals surface area contributed by atoms with Crippen LogP contribution in [0, 0.1) is 0 Å². The highest BCUT2D eigenvalue weighted by Crippen LogP contribution is 2.38. The molecule has 0 spiro atoms. The lowest BCUT2D eigenvalue weighted by atomic mass is 10.1. The van der Waals surface area contributed by atoms with Gasteiger partial charge in [-0.25, -0.2) is 0 Å². The topological polar surface area (TPSA) is 114 Å². The first kappa shape index (κ1) is 71.1. The zero-order chi connectivity index (χ0) is 58.8. The number of ketones is 2. The number of nitrogens with one attached hydrogen (secondary N) is 2. The molecule has 0 saturated carbocycles. The third-order valence-corrected chi connectivity index (χ3v) is 15.0. The van der Waals surface area contributed by atoms with Crippen LogP contribution in [0.2, 0.25) is 0 Å². The number of carbonyl (C=O) groups excluding carboxylic acids is 2. The number of carbonyl (C=O) groups is 2. The average molecular weight is 1140 g/mol. The monoisotopic (exact) mass is 1140 g/mol. The van der Waals surface area contributed by atoms with Gasteiger partial charge in [-0.3, -0.25) is 9.59 Å². The van der Waals surface area contributed by atoms with Crippen molar-refractivity contribution >= 4 is 22.9 Å². The first-order valence-corrected chi connectivity index (χ1v) is 33.6. The number of hydrogen-bond donors (Lipinski definition) is 2. The molecule has 82 heavy (non-hydrogen) atoms. The van der Waals surface area contributed by atoms with Crippen molar-refractivity contribution in [2.45, 2.75) is 273 Å². The van der Waals surface area contributed by atoms with Gasteiger partial charge in [0.15, 0.2) is 23.1 Å². The Morgan fingerprint density at radius 2 is 0.549 bits per heavy atom. The molecule has 10 nitrogen and oxygen atoms in total. The molecule has 0 aliphatic carbocycles. The van der Waals surface area contributed by atoms with Gasteiger partial charge in [0.1, 0.15) is 23.0 Å². The fourth-order valence-electron chi connectivity index (χ4n) is 9.85. The molecule has 0 aliphatic rings. The van der Waals surface area contributed by atoms with Crippen molar-refractivity contribution in [3.05, 3.63) is 84.2 Å². The number of benzene rings is 3. The maximum absolute atomic E-state index is 14.2. The van der Waals surface area contributed by atoms with Crippen LogP contribution in [0.15, 0.2) is 73.1 Å². The minimum Gasteiger partial charge on any atom is -0.493 e. The molecule has 0 radical (unpaired) electrons. The van der Waals surface area contributed by atoms with Gasteiger partial charge in [0, 0.05) is 48.8 Å². The smallest absolute Gasteiger partial charge is 0.191 e. The average Bonchev–Trinajstić information content (AvgIpc) is 3.68. The summed E-state index contributed by atoms with van der Waals surface area (Å²) in [4.78, 5) is 28.3. The molecule has 0 amide bonds. The van der Waals surface area contributed by atoms with Gasteiger partial charge in [0.05, 0.1) is 62.1 Å². The lowest BCUT2D eigenvalue weighted by molar-refractivity contribution is 0.103. The third-order valence-electron chi connectivity index (χ3n) is 15.0. The van der Waals surface area contributed by atoms with Gasteiger partial charge < -0.3 is 39.1 Å². The second-order valence-corrected chi connectivity index (χ2v) is 22.5. The minimum absolute atomic E-state index is 0.195. The number of ether oxygens (including phenoxy) is 6. The normalized spacial score (nSPS) is 11.4. The molecule has 0 fully saturated rings. The highest BCUT2D eigenvalue weighted by atomic mass is 16.5. The summed E-state index contributed by atoms with van der Waals surface area (Å²) in [5, 5.41) is 6.82. The van der Waals surface area contributed by atoms with Crippen molar-refractivity contribution in [3.8, 4) is 34.5 Å². The Kier molecular flexibility index (Phi) is 42.8. The van der Waals surface area contributed by atoms with Gasteiger partial charge in [0.25, 0.3) is 0 Å². The van der Waals surface area contributed by atoms with E-state index >= 15 is 0 Å². The quantitative estimate of drug-likeness (QED) is 0.0322. The lowest BCUT2D eigenvalue weighted by Gasteiger charge is -2.18. The molecule has 0 atom stereocenters. The van der Waals surface area contributed by atoms with Crippen LogP contribution in [-0.4, -0.2) is 51.2 Å². The van der Waals surface area contributed by atoms with Crippen LogP contribution >= 0.6 is 0 Å². The van der Waals surface area contributed by atoms with E-state index in [1.807, 2.05) is 48.5 Å². The largest absolute Gasteiger partial charge is 0.493 e. The number of rotatable bonds is 56. The van der Waals surface area contributed by atoms with E-state index in [-0.39, 0.29) is 11.6 Å². The van der Waals surface area contributed by atoms with Crippen molar-refractivity contribution in [1.29, 1.82) is 0 Å². The zero-order valence-electron chi connectivity index (χ0n) is 52.9. The summed E-state index contributed by atoms with van der Waals surface area (Å²) in [5.74, 6) is 3.34. The highest BCUT2D eigenvalue weighted by molar-refractivity contribution is 6.07. The molecule has 0 unspecified atom stereocenters. The van der Waals surface area contributed by atoms with Crippen molar-refractivity contribution in [2.75, 3.05) is 50.3 Å². The third kappa shape index (κ3) is 33.2. The molecule has 2 N–H and O–H groups in total. The van der Waals surface area contributed by atoms with Crippen LogP contribution in [0.4, 0.5) is 11.4 Å². The predicted octanol–water partition coefficient (Wildman–Crippen LogP) is 21.7. The molecule has 0 aromatic heterocycles. The standard InChI is InChI=1S/C72H116N2O8/c1-7-13-19-25-31-37-51-77-61-43-45-63(69(57-61)79-53-39-33-27-21-15-9-3)67(75)47-49-73-65-59-71(81-55-41-35-29-23-17-11-5)72(82-56-42-36-30-24-18-12-6)60-66(65)74-50-48-68(76)64-46-44-62(78-52-38-32-26-20-14-8-2)58-70(64)80-54-40-34-28-22-16-10-4/h43-50,57-60,73-74H,7-42,51-56H2,1-6H3/b49-47+,50-48+. The molecule has 3 aromatic carbocycles. The van der Waals surface area contributed by atoms with Gasteiger partial charge in [-0.05, 0) is 62.8 Å². The predicted molar refractivity (Wildman–Crippen MR) is 347 cm³/mol. The Bertz CT molecular complexity index is 1990. The molecule has 3 aromatic rings. The van der Waals surface area contributed by atoms with E-state index in [2.05, 4.69) is 52.2 Å². The molecule has 10 heteroatoms. The van der Waals surface area contributed by atoms with Crippen LogP contribution in [0.25, 0.3) is 0 Å². The van der Waals surface area contributed by atoms with E-state index in [1.165, 1.54) is 154 Å². The maximum Gasteiger partial charge on any atom is 0.191 e. The number of unbranched alkanes of at least 4 members (excludes halogenated alkanes) is 30. The first-order valence-electron chi connectivity index (χ1n) is 33.6. The van der Waals surface area contributed by atoms with Gasteiger partial charge in [-0.1, -0.05) is 234 Å². The Morgan fingerprint density at radius 1 is 0.305 bits per heavy atom. The maximum atomic E-state index is 14.2. The Balaban J connectivity index is 1.95. The van der Waals surface area contributed by atoms with Crippen LogP contribution in [-0.2, 0) is 0 Å². The molecule has 3 rings (SSSR count). The fourth-order valence-corrected chi connectivity index (χ4v) is 9.85. The molecular formula is C72H116N2O8. The van der Waals surface area contributed by atoms with Crippen LogP contribution < -0.4 is 39.1 Å². The Morgan fingerprint density at radius 3 is 0.829 bits per heavy atom. The van der Waals surface area contributed by atoms with Gasteiger partial charge >= 0.3 is 0 Å². The van der Waals surface area contributed by atoms with Crippen molar-refractivity contribution in [2.24, 2.45) is 0 Å². The van der Waals surface area contributed by atoms with Crippen LogP contribution in [0.5, 0.6) is 34.5 Å². The van der Waals surface area contributed by atoms with E-state index in [0.29, 0.717) is 96.6 Å².